The van der Waals surface area contributed by atoms with Gasteiger partial charge in [-0.1, -0.05) is 20.8 Å². The highest BCUT2D eigenvalue weighted by Crippen LogP contribution is 2.34. The van der Waals surface area contributed by atoms with Crippen LogP contribution in [0.15, 0.2) is 36.3 Å². The van der Waals surface area contributed by atoms with Crippen LogP contribution in [0, 0.1) is 0 Å². The number of sulfonamides is 1. The molecule has 2 aliphatic rings. The van der Waals surface area contributed by atoms with Crippen LogP contribution in [-0.2, 0) is 20.2 Å². The highest BCUT2D eigenvalue weighted by Gasteiger charge is 2.26. The van der Waals surface area contributed by atoms with E-state index in [1.165, 1.54) is 18.4 Å². The van der Waals surface area contributed by atoms with Gasteiger partial charge in [0.1, 0.15) is 11.6 Å². The lowest BCUT2D eigenvalue weighted by atomic mass is 9.83. The zero-order valence-electron chi connectivity index (χ0n) is 19.4. The number of rotatable bonds is 4. The van der Waals surface area contributed by atoms with Crippen LogP contribution in [0.1, 0.15) is 51.2 Å². The topological polar surface area (TPSA) is 92.3 Å². The number of benzene rings is 1. The normalized spacial score (nSPS) is 18.5. The molecule has 1 aromatic carbocycles. The van der Waals surface area contributed by atoms with Crippen molar-refractivity contribution in [2.45, 2.75) is 51.5 Å². The molecule has 1 saturated heterocycles. The number of hydrogen-bond acceptors (Lipinski definition) is 6. The van der Waals surface area contributed by atoms with Crippen molar-refractivity contribution in [3.63, 3.8) is 0 Å². The largest absolute Gasteiger partial charge is 0.355 e. The molecule has 0 unspecified atom stereocenters. The van der Waals surface area contributed by atoms with Crippen LogP contribution >= 0.6 is 0 Å². The molecule has 1 aromatic heterocycles. The van der Waals surface area contributed by atoms with Crippen molar-refractivity contribution < 1.29 is 17.6 Å². The molecule has 0 saturated carbocycles. The summed E-state index contributed by atoms with van der Waals surface area (Å²) in [7, 11) is -3.24. The average molecular weight is 473 g/mol. The standard InChI is InChI=1S/C24H29FN4O3S/c1-24(2,3)15-11-19(18-13-16(25)5-6-21(18)30)23-20(12-15)27-22(14-26-23)29-9-7-17(8-10-29)28-33(4,31)32/h5,11-14,17,28H,6-10H2,1-4H3. The number of nitrogens with zero attached hydrogens (tertiary/aromatic N) is 3. The van der Waals surface area contributed by atoms with Gasteiger partial charge in [-0.2, -0.15) is 0 Å². The molecule has 0 atom stereocenters. The van der Waals surface area contributed by atoms with Gasteiger partial charge in [0.05, 0.1) is 23.5 Å². The molecular weight excluding hydrogens is 443 g/mol. The second kappa shape index (κ2) is 8.61. The second-order valence-corrected chi connectivity index (χ2v) is 11.6. The van der Waals surface area contributed by atoms with Crippen molar-refractivity contribution in [1.82, 2.24) is 14.7 Å². The summed E-state index contributed by atoms with van der Waals surface area (Å²) in [6, 6.07) is 3.81. The van der Waals surface area contributed by atoms with Crippen LogP contribution in [0.2, 0.25) is 0 Å². The lowest BCUT2D eigenvalue weighted by molar-refractivity contribution is -0.113. The maximum Gasteiger partial charge on any atom is 0.208 e. The summed E-state index contributed by atoms with van der Waals surface area (Å²) in [4.78, 5) is 24.2. The van der Waals surface area contributed by atoms with Crippen molar-refractivity contribution in [2.75, 3.05) is 24.2 Å². The van der Waals surface area contributed by atoms with E-state index in [-0.39, 0.29) is 23.7 Å². The Labute approximate surface area is 193 Å². The quantitative estimate of drug-likeness (QED) is 0.730. The molecule has 2 aromatic rings. The molecule has 0 amide bonds. The van der Waals surface area contributed by atoms with Crippen molar-refractivity contribution in [3.05, 3.63) is 47.4 Å². The first-order valence-corrected chi connectivity index (χ1v) is 12.9. The SMILES string of the molecule is CC(C)(C)c1cc(C2=CC(F)=CCC2=O)c2ncc(N3CCC(NS(C)(=O)=O)CC3)nc2c1. The minimum Gasteiger partial charge on any atom is -0.355 e. The molecule has 1 fully saturated rings. The van der Waals surface area contributed by atoms with E-state index in [1.54, 1.807) is 6.20 Å². The van der Waals surface area contributed by atoms with Crippen LogP contribution in [0.5, 0.6) is 0 Å². The number of aromatic nitrogens is 2. The third-order valence-electron chi connectivity index (χ3n) is 6.05. The van der Waals surface area contributed by atoms with Gasteiger partial charge in [0.25, 0.3) is 0 Å². The Hall–Kier alpha value is -2.65. The van der Waals surface area contributed by atoms with E-state index in [9.17, 15) is 17.6 Å². The van der Waals surface area contributed by atoms with Gasteiger partial charge in [-0.05, 0) is 48.1 Å². The van der Waals surface area contributed by atoms with E-state index < -0.39 is 15.9 Å². The molecule has 2 heterocycles. The highest BCUT2D eigenvalue weighted by molar-refractivity contribution is 7.88. The van der Waals surface area contributed by atoms with Crippen LogP contribution in [0.25, 0.3) is 16.6 Å². The van der Waals surface area contributed by atoms with Crippen molar-refractivity contribution in [2.24, 2.45) is 0 Å². The third kappa shape index (κ3) is 5.30. The Kier molecular flexibility index (Phi) is 6.13. The number of hydrogen-bond donors (Lipinski definition) is 1. The zero-order chi connectivity index (χ0) is 24.0. The van der Waals surface area contributed by atoms with Gasteiger partial charge in [0, 0.05) is 36.7 Å². The third-order valence-corrected chi connectivity index (χ3v) is 6.82. The second-order valence-electron chi connectivity index (χ2n) is 9.80. The average Bonchev–Trinajstić information content (AvgIpc) is 2.73. The molecule has 176 valence electrons. The predicted molar refractivity (Wildman–Crippen MR) is 128 cm³/mol. The van der Waals surface area contributed by atoms with Gasteiger partial charge in [-0.3, -0.25) is 9.78 Å². The molecule has 1 aliphatic heterocycles. The number of nitrogens with one attached hydrogen (secondary N) is 1. The van der Waals surface area contributed by atoms with Gasteiger partial charge >= 0.3 is 0 Å². The number of carbonyl (C=O) groups excluding carboxylic acids is 1. The Morgan fingerprint density at radius 3 is 2.52 bits per heavy atom. The number of fused-ring (bicyclic) bond motifs is 1. The Balaban J connectivity index is 1.72. The van der Waals surface area contributed by atoms with E-state index in [1.807, 2.05) is 12.1 Å². The van der Waals surface area contributed by atoms with Crippen LogP contribution in [-0.4, -0.2) is 49.6 Å². The Morgan fingerprint density at radius 2 is 1.88 bits per heavy atom. The fraction of sp³-hybridized carbons (Fsp3) is 0.458. The maximum atomic E-state index is 14.0. The molecule has 1 N–H and O–H groups in total. The minimum absolute atomic E-state index is 0.0286. The first kappa shape index (κ1) is 23.5. The fourth-order valence-corrected chi connectivity index (χ4v) is 5.08. The summed E-state index contributed by atoms with van der Waals surface area (Å²) in [6.07, 6.45) is 6.79. The van der Waals surface area contributed by atoms with Crippen molar-refractivity contribution in [3.8, 4) is 0 Å². The van der Waals surface area contributed by atoms with Gasteiger partial charge in [-0.15, -0.1) is 0 Å². The van der Waals surface area contributed by atoms with Gasteiger partial charge in [-0.25, -0.2) is 22.5 Å². The fourth-order valence-electron chi connectivity index (χ4n) is 4.24. The molecule has 0 radical (unpaired) electrons. The number of piperidine rings is 1. The van der Waals surface area contributed by atoms with E-state index >= 15 is 0 Å². The number of Topliss-reactive ketones (excluding diaryl/α,β-unsaturated/α-hetero) is 1. The molecule has 4 rings (SSSR count). The number of ketones is 1. The van der Waals surface area contributed by atoms with Crippen LogP contribution < -0.4 is 9.62 Å². The van der Waals surface area contributed by atoms with E-state index in [0.717, 1.165) is 5.56 Å². The number of anilines is 1. The Morgan fingerprint density at radius 1 is 1.18 bits per heavy atom. The van der Waals surface area contributed by atoms with Crippen LogP contribution in [0.4, 0.5) is 10.2 Å². The number of allylic oxidation sites excluding steroid dienone is 4. The number of halogens is 1. The lowest BCUT2D eigenvalue weighted by Gasteiger charge is -2.32. The first-order chi connectivity index (χ1) is 15.4. The van der Waals surface area contributed by atoms with E-state index in [2.05, 4.69) is 35.4 Å². The minimum atomic E-state index is -3.24. The molecule has 0 bridgehead atoms. The molecule has 9 heteroatoms. The van der Waals surface area contributed by atoms with Crippen LogP contribution in [0.3, 0.4) is 0 Å². The summed E-state index contributed by atoms with van der Waals surface area (Å²) >= 11 is 0. The van der Waals surface area contributed by atoms with E-state index in [0.29, 0.717) is 53.9 Å². The summed E-state index contributed by atoms with van der Waals surface area (Å²) in [5, 5.41) is 0. The molecule has 7 nitrogen and oxygen atoms in total. The smallest absolute Gasteiger partial charge is 0.208 e. The first-order valence-electron chi connectivity index (χ1n) is 11.1. The van der Waals surface area contributed by atoms with Gasteiger partial charge in [0.15, 0.2) is 5.78 Å². The van der Waals surface area contributed by atoms with E-state index in [4.69, 9.17) is 4.98 Å². The maximum absolute atomic E-state index is 14.0. The summed E-state index contributed by atoms with van der Waals surface area (Å²) in [5.41, 5.74) is 2.91. The molecular formula is C24H29FN4O3S. The zero-order valence-corrected chi connectivity index (χ0v) is 20.2. The monoisotopic (exact) mass is 472 g/mol. The predicted octanol–water partition coefficient (Wildman–Crippen LogP) is 3.65. The highest BCUT2D eigenvalue weighted by atomic mass is 32.2. The van der Waals surface area contributed by atoms with Crippen molar-refractivity contribution >= 4 is 38.2 Å². The summed E-state index contributed by atoms with van der Waals surface area (Å²) in [5.74, 6) is 0.136. The van der Waals surface area contributed by atoms with Crippen molar-refractivity contribution in [1.29, 1.82) is 0 Å². The summed E-state index contributed by atoms with van der Waals surface area (Å²) in [6.45, 7) is 7.53. The number of carbonyl (C=O) groups is 1. The van der Waals surface area contributed by atoms with Gasteiger partial charge in [0.2, 0.25) is 10.0 Å². The summed E-state index contributed by atoms with van der Waals surface area (Å²) < 4.78 is 39.7. The molecule has 1 aliphatic carbocycles. The Bertz CT molecular complexity index is 1270. The molecule has 0 spiro atoms. The van der Waals surface area contributed by atoms with Gasteiger partial charge < -0.3 is 4.90 Å². The molecule has 33 heavy (non-hydrogen) atoms. The lowest BCUT2D eigenvalue weighted by Crippen LogP contribution is -2.44.